The number of hydrogen-bond donors (Lipinski definition) is 1. The average Bonchev–Trinajstić information content (AvgIpc) is 3.07. The molecule has 6 heteroatoms. The number of aliphatic hydroxyl groups is 1. The molecule has 0 spiro atoms. The summed E-state index contributed by atoms with van der Waals surface area (Å²) in [6, 6.07) is 5.75. The third kappa shape index (κ3) is 1.89. The first-order valence-electron chi connectivity index (χ1n) is 6.80. The van der Waals surface area contributed by atoms with E-state index < -0.39 is 0 Å². The van der Waals surface area contributed by atoms with Crippen molar-refractivity contribution in [1.29, 1.82) is 0 Å². The molecule has 0 radical (unpaired) electrons. The van der Waals surface area contributed by atoms with Crippen molar-refractivity contribution in [1.82, 2.24) is 24.1 Å². The number of nitrogens with zero attached hydrogens (tertiary/aromatic N) is 5. The highest BCUT2D eigenvalue weighted by atomic mass is 16.3. The summed E-state index contributed by atoms with van der Waals surface area (Å²) in [6.07, 6.45) is 3.44. The monoisotopic (exact) mass is 271 g/mol. The molecule has 0 saturated carbocycles. The third-order valence-corrected chi connectivity index (χ3v) is 3.31. The molecule has 104 valence electrons. The second kappa shape index (κ2) is 5.05. The fraction of sp³-hybridized carbons (Fsp3) is 0.357. The lowest BCUT2D eigenvalue weighted by Gasteiger charge is -2.03. The summed E-state index contributed by atoms with van der Waals surface area (Å²) in [4.78, 5) is 9.06. The van der Waals surface area contributed by atoms with Crippen molar-refractivity contribution in [2.75, 3.05) is 0 Å². The van der Waals surface area contributed by atoms with E-state index in [-0.39, 0.29) is 6.61 Å². The van der Waals surface area contributed by atoms with Gasteiger partial charge in [0.05, 0.1) is 12.3 Å². The Morgan fingerprint density at radius 2 is 2.00 bits per heavy atom. The molecule has 0 aliphatic rings. The van der Waals surface area contributed by atoms with Crippen LogP contribution in [0.5, 0.6) is 0 Å². The van der Waals surface area contributed by atoms with Gasteiger partial charge in [-0.2, -0.15) is 4.68 Å². The van der Waals surface area contributed by atoms with E-state index in [2.05, 4.69) is 15.1 Å². The van der Waals surface area contributed by atoms with Crippen LogP contribution in [0.2, 0.25) is 0 Å². The molecule has 3 aromatic heterocycles. The van der Waals surface area contributed by atoms with Gasteiger partial charge in [-0.15, -0.1) is 5.10 Å². The van der Waals surface area contributed by atoms with Gasteiger partial charge in [0.15, 0.2) is 11.6 Å². The van der Waals surface area contributed by atoms with Crippen molar-refractivity contribution in [3.8, 4) is 5.82 Å². The van der Waals surface area contributed by atoms with Gasteiger partial charge in [0.2, 0.25) is 0 Å². The number of imidazole rings is 1. The molecule has 1 N–H and O–H groups in total. The summed E-state index contributed by atoms with van der Waals surface area (Å²) < 4.78 is 3.62. The van der Waals surface area contributed by atoms with Crippen LogP contribution in [-0.2, 0) is 19.4 Å². The maximum Gasteiger partial charge on any atom is 0.180 e. The van der Waals surface area contributed by atoms with E-state index in [0.29, 0.717) is 5.82 Å². The molecule has 20 heavy (non-hydrogen) atoms. The molecular weight excluding hydrogens is 254 g/mol. The van der Waals surface area contributed by atoms with Crippen LogP contribution in [0.15, 0.2) is 24.4 Å². The predicted molar refractivity (Wildman–Crippen MR) is 74.8 cm³/mol. The quantitative estimate of drug-likeness (QED) is 0.781. The number of aliphatic hydroxyl groups excluding tert-OH is 1. The topological polar surface area (TPSA) is 68.2 Å². The van der Waals surface area contributed by atoms with Gasteiger partial charge in [-0.25, -0.2) is 9.97 Å². The predicted octanol–water partition coefficient (Wildman–Crippen LogP) is 1.53. The Morgan fingerprint density at radius 3 is 2.70 bits per heavy atom. The van der Waals surface area contributed by atoms with E-state index in [1.807, 2.05) is 42.6 Å². The highest BCUT2D eigenvalue weighted by molar-refractivity contribution is 5.48. The van der Waals surface area contributed by atoms with Crippen LogP contribution in [0.4, 0.5) is 0 Å². The van der Waals surface area contributed by atoms with Crippen molar-refractivity contribution in [2.24, 2.45) is 0 Å². The van der Waals surface area contributed by atoms with E-state index in [0.717, 1.165) is 35.8 Å². The van der Waals surface area contributed by atoms with Gasteiger partial charge in [-0.3, -0.25) is 4.40 Å². The van der Waals surface area contributed by atoms with Crippen LogP contribution in [0, 0.1) is 0 Å². The standard InChI is InChI=1S/C14H17N5O/c1-3-11-15-12(4-2)19(17-11)14-10(9-20)18-8-6-5-7-13(18)16-14/h5-8,20H,3-4,9H2,1-2H3. The van der Waals surface area contributed by atoms with Crippen molar-refractivity contribution in [3.05, 3.63) is 41.7 Å². The first kappa shape index (κ1) is 12.8. The van der Waals surface area contributed by atoms with Gasteiger partial charge in [0.1, 0.15) is 11.5 Å². The normalized spacial score (nSPS) is 11.3. The summed E-state index contributed by atoms with van der Waals surface area (Å²) in [5.41, 5.74) is 1.52. The first-order chi connectivity index (χ1) is 9.78. The lowest BCUT2D eigenvalue weighted by atomic mass is 10.4. The van der Waals surface area contributed by atoms with Crippen molar-refractivity contribution in [2.45, 2.75) is 33.3 Å². The van der Waals surface area contributed by atoms with E-state index in [9.17, 15) is 5.11 Å². The van der Waals surface area contributed by atoms with Gasteiger partial charge in [-0.1, -0.05) is 19.9 Å². The van der Waals surface area contributed by atoms with Crippen molar-refractivity contribution >= 4 is 5.65 Å². The molecule has 0 aliphatic heterocycles. The molecule has 0 fully saturated rings. The first-order valence-corrected chi connectivity index (χ1v) is 6.80. The fourth-order valence-corrected chi connectivity index (χ4v) is 2.29. The van der Waals surface area contributed by atoms with Crippen molar-refractivity contribution in [3.63, 3.8) is 0 Å². The Balaban J connectivity index is 2.26. The lowest BCUT2D eigenvalue weighted by molar-refractivity contribution is 0.275. The molecular formula is C14H17N5O. The van der Waals surface area contributed by atoms with Crippen LogP contribution in [0.25, 0.3) is 11.5 Å². The Hall–Kier alpha value is -2.21. The highest BCUT2D eigenvalue weighted by Gasteiger charge is 2.17. The Kier molecular flexibility index (Phi) is 3.23. The average molecular weight is 271 g/mol. The fourth-order valence-electron chi connectivity index (χ4n) is 2.29. The van der Waals surface area contributed by atoms with Gasteiger partial charge >= 0.3 is 0 Å². The molecule has 3 rings (SSSR count). The van der Waals surface area contributed by atoms with Gasteiger partial charge in [0.25, 0.3) is 0 Å². The summed E-state index contributed by atoms with van der Waals surface area (Å²) in [7, 11) is 0. The lowest BCUT2D eigenvalue weighted by Crippen LogP contribution is -2.06. The summed E-state index contributed by atoms with van der Waals surface area (Å²) in [5, 5.41) is 14.2. The zero-order chi connectivity index (χ0) is 14.1. The molecule has 6 nitrogen and oxygen atoms in total. The van der Waals surface area contributed by atoms with Crippen LogP contribution >= 0.6 is 0 Å². The second-order valence-corrected chi connectivity index (χ2v) is 4.53. The molecule has 0 atom stereocenters. The molecule has 0 aromatic carbocycles. The molecule has 3 aromatic rings. The second-order valence-electron chi connectivity index (χ2n) is 4.53. The number of aryl methyl sites for hydroxylation is 2. The molecule has 3 heterocycles. The van der Waals surface area contributed by atoms with Crippen LogP contribution in [0.3, 0.4) is 0 Å². The van der Waals surface area contributed by atoms with Crippen LogP contribution < -0.4 is 0 Å². The zero-order valence-electron chi connectivity index (χ0n) is 11.6. The minimum absolute atomic E-state index is 0.0923. The third-order valence-electron chi connectivity index (χ3n) is 3.31. The number of pyridine rings is 1. The van der Waals surface area contributed by atoms with E-state index in [1.165, 1.54) is 0 Å². The van der Waals surface area contributed by atoms with Gasteiger partial charge in [-0.05, 0) is 12.1 Å². The Morgan fingerprint density at radius 1 is 1.15 bits per heavy atom. The number of fused-ring (bicyclic) bond motifs is 1. The maximum absolute atomic E-state index is 9.67. The number of rotatable bonds is 4. The summed E-state index contributed by atoms with van der Waals surface area (Å²) in [5.74, 6) is 2.31. The minimum Gasteiger partial charge on any atom is -0.390 e. The highest BCUT2D eigenvalue weighted by Crippen LogP contribution is 2.18. The van der Waals surface area contributed by atoms with Crippen LogP contribution in [0.1, 0.15) is 31.2 Å². The van der Waals surface area contributed by atoms with E-state index in [4.69, 9.17) is 0 Å². The SMILES string of the molecule is CCc1nc(CC)n(-c2nc3ccccn3c2CO)n1. The largest absolute Gasteiger partial charge is 0.390 e. The molecule has 0 bridgehead atoms. The minimum atomic E-state index is -0.0923. The number of hydrogen-bond acceptors (Lipinski definition) is 4. The zero-order valence-corrected chi connectivity index (χ0v) is 11.6. The Labute approximate surface area is 116 Å². The molecule has 0 unspecified atom stereocenters. The van der Waals surface area contributed by atoms with Crippen LogP contribution in [-0.4, -0.2) is 29.3 Å². The smallest absolute Gasteiger partial charge is 0.180 e. The maximum atomic E-state index is 9.67. The molecule has 0 amide bonds. The molecule has 0 aliphatic carbocycles. The Bertz CT molecular complexity index is 743. The summed E-state index contributed by atoms with van der Waals surface area (Å²) in [6.45, 7) is 3.97. The molecule has 0 saturated heterocycles. The van der Waals surface area contributed by atoms with Gasteiger partial charge in [0, 0.05) is 19.0 Å². The van der Waals surface area contributed by atoms with E-state index in [1.54, 1.807) is 4.68 Å². The van der Waals surface area contributed by atoms with Crippen molar-refractivity contribution < 1.29 is 5.11 Å². The summed E-state index contributed by atoms with van der Waals surface area (Å²) >= 11 is 0. The van der Waals surface area contributed by atoms with E-state index >= 15 is 0 Å². The number of aromatic nitrogens is 5. The van der Waals surface area contributed by atoms with Gasteiger partial charge < -0.3 is 5.11 Å².